The molecule has 0 bridgehead atoms. The lowest BCUT2D eigenvalue weighted by Gasteiger charge is -2.07. The Bertz CT molecular complexity index is 403. The van der Waals surface area contributed by atoms with Gasteiger partial charge in [-0.1, -0.05) is 18.2 Å². The summed E-state index contributed by atoms with van der Waals surface area (Å²) >= 11 is 0. The largest absolute Gasteiger partial charge is 0.460 e. The fourth-order valence-electron chi connectivity index (χ4n) is 1.25. The number of hydrogen-bond donors (Lipinski definition) is 0. The number of hydrogen-bond acceptors (Lipinski definition) is 6. The summed E-state index contributed by atoms with van der Waals surface area (Å²) in [7, 11) is 0. The SMILES string of the molecule is CC(=O)OCOCCOCCOC(=O)c1ccccc1. The number of carbonyl (C=O) groups excluding carboxylic acids is 2. The molecule has 6 heteroatoms. The molecule has 110 valence electrons. The zero-order chi connectivity index (χ0) is 14.6. The third kappa shape index (κ3) is 7.50. The van der Waals surface area contributed by atoms with Gasteiger partial charge in [0.2, 0.25) is 0 Å². The molecule has 0 heterocycles. The molecule has 6 nitrogen and oxygen atoms in total. The van der Waals surface area contributed by atoms with E-state index in [1.54, 1.807) is 24.3 Å². The van der Waals surface area contributed by atoms with E-state index in [1.165, 1.54) is 6.92 Å². The third-order valence-electron chi connectivity index (χ3n) is 2.19. The predicted molar refractivity (Wildman–Crippen MR) is 70.1 cm³/mol. The summed E-state index contributed by atoms with van der Waals surface area (Å²) in [5, 5.41) is 0. The normalized spacial score (nSPS) is 10.1. The van der Waals surface area contributed by atoms with Crippen LogP contribution in [0.1, 0.15) is 17.3 Å². The molecule has 0 atom stereocenters. The highest BCUT2D eigenvalue weighted by Crippen LogP contribution is 2.00. The molecule has 0 saturated heterocycles. The molecular weight excluding hydrogens is 264 g/mol. The average molecular weight is 282 g/mol. The van der Waals surface area contributed by atoms with Crippen LogP contribution < -0.4 is 0 Å². The van der Waals surface area contributed by atoms with Crippen molar-refractivity contribution in [2.45, 2.75) is 6.92 Å². The van der Waals surface area contributed by atoms with Gasteiger partial charge in [0.15, 0.2) is 6.79 Å². The first-order chi connectivity index (χ1) is 9.70. The van der Waals surface area contributed by atoms with Crippen LogP contribution in [-0.4, -0.2) is 45.2 Å². The minimum Gasteiger partial charge on any atom is -0.460 e. The van der Waals surface area contributed by atoms with Gasteiger partial charge in [0.1, 0.15) is 6.61 Å². The van der Waals surface area contributed by atoms with E-state index >= 15 is 0 Å². The monoisotopic (exact) mass is 282 g/mol. The maximum atomic E-state index is 11.5. The highest BCUT2D eigenvalue weighted by molar-refractivity contribution is 5.89. The molecule has 1 rings (SSSR count). The summed E-state index contributed by atoms with van der Waals surface area (Å²) in [6, 6.07) is 8.74. The Morgan fingerprint density at radius 1 is 0.900 bits per heavy atom. The van der Waals surface area contributed by atoms with Crippen LogP contribution >= 0.6 is 0 Å². The van der Waals surface area contributed by atoms with Crippen molar-refractivity contribution in [3.8, 4) is 0 Å². The molecule has 0 aliphatic carbocycles. The van der Waals surface area contributed by atoms with Crippen molar-refractivity contribution < 1.29 is 28.5 Å². The molecule has 1 aromatic carbocycles. The summed E-state index contributed by atoms with van der Waals surface area (Å²) in [5.41, 5.74) is 0.511. The topological polar surface area (TPSA) is 71.1 Å². The van der Waals surface area contributed by atoms with Crippen LogP contribution in [0.5, 0.6) is 0 Å². The average Bonchev–Trinajstić information content (AvgIpc) is 2.46. The van der Waals surface area contributed by atoms with E-state index in [0.29, 0.717) is 18.8 Å². The van der Waals surface area contributed by atoms with Crippen LogP contribution in [0.3, 0.4) is 0 Å². The van der Waals surface area contributed by atoms with Crippen LogP contribution in [0.2, 0.25) is 0 Å². The van der Waals surface area contributed by atoms with Gasteiger partial charge in [-0.25, -0.2) is 4.79 Å². The van der Waals surface area contributed by atoms with Gasteiger partial charge in [0.05, 0.1) is 25.4 Å². The Morgan fingerprint density at radius 2 is 1.55 bits per heavy atom. The summed E-state index contributed by atoms with van der Waals surface area (Å²) in [6.45, 7) is 2.33. The lowest BCUT2D eigenvalue weighted by Crippen LogP contribution is -2.14. The van der Waals surface area contributed by atoms with Crippen molar-refractivity contribution in [1.82, 2.24) is 0 Å². The Kier molecular flexibility index (Phi) is 8.02. The van der Waals surface area contributed by atoms with Crippen molar-refractivity contribution in [3.05, 3.63) is 35.9 Å². The maximum Gasteiger partial charge on any atom is 0.338 e. The van der Waals surface area contributed by atoms with Crippen LogP contribution in [-0.2, 0) is 23.7 Å². The second-order valence-corrected chi connectivity index (χ2v) is 3.78. The molecule has 0 spiro atoms. The van der Waals surface area contributed by atoms with Crippen LogP contribution in [0, 0.1) is 0 Å². The van der Waals surface area contributed by atoms with E-state index in [-0.39, 0.29) is 26.0 Å². The lowest BCUT2D eigenvalue weighted by atomic mass is 10.2. The molecule has 0 radical (unpaired) electrons. The highest BCUT2D eigenvalue weighted by atomic mass is 16.7. The zero-order valence-corrected chi connectivity index (χ0v) is 11.4. The standard InChI is InChI=1S/C14H18O6/c1-12(15)20-11-18-8-7-17-9-10-19-14(16)13-5-3-2-4-6-13/h2-6H,7-11H2,1H3. The van der Waals surface area contributed by atoms with Gasteiger partial charge in [-0.15, -0.1) is 0 Å². The Balaban J connectivity index is 1.95. The summed E-state index contributed by atoms with van der Waals surface area (Å²) in [5.74, 6) is -0.765. The van der Waals surface area contributed by atoms with E-state index < -0.39 is 5.97 Å². The maximum absolute atomic E-state index is 11.5. The van der Waals surface area contributed by atoms with Gasteiger partial charge in [0, 0.05) is 6.92 Å². The van der Waals surface area contributed by atoms with Crippen LogP contribution in [0.15, 0.2) is 30.3 Å². The first kappa shape index (κ1) is 16.1. The van der Waals surface area contributed by atoms with Gasteiger partial charge < -0.3 is 18.9 Å². The van der Waals surface area contributed by atoms with Crippen LogP contribution in [0.4, 0.5) is 0 Å². The molecule has 0 aliphatic heterocycles. The number of carbonyl (C=O) groups is 2. The summed E-state index contributed by atoms with van der Waals surface area (Å²) < 4.78 is 19.7. The van der Waals surface area contributed by atoms with E-state index in [1.807, 2.05) is 6.07 Å². The first-order valence-corrected chi connectivity index (χ1v) is 6.21. The molecule has 0 aromatic heterocycles. The van der Waals surface area contributed by atoms with E-state index in [4.69, 9.17) is 14.2 Å². The Morgan fingerprint density at radius 3 is 2.25 bits per heavy atom. The first-order valence-electron chi connectivity index (χ1n) is 6.21. The molecule has 0 saturated carbocycles. The van der Waals surface area contributed by atoms with Gasteiger partial charge in [-0.05, 0) is 12.1 Å². The minimum atomic E-state index is -0.390. The number of ether oxygens (including phenoxy) is 4. The Hall–Kier alpha value is -1.92. The van der Waals surface area contributed by atoms with Gasteiger partial charge in [-0.2, -0.15) is 0 Å². The molecule has 0 amide bonds. The van der Waals surface area contributed by atoms with Crippen molar-refractivity contribution in [1.29, 1.82) is 0 Å². The molecule has 0 aliphatic rings. The van der Waals surface area contributed by atoms with Gasteiger partial charge in [-0.3, -0.25) is 4.79 Å². The Labute approximate surface area is 117 Å². The third-order valence-corrected chi connectivity index (χ3v) is 2.19. The second-order valence-electron chi connectivity index (χ2n) is 3.78. The summed E-state index contributed by atoms with van der Waals surface area (Å²) in [6.07, 6.45) is 0. The molecular formula is C14H18O6. The van der Waals surface area contributed by atoms with E-state index in [9.17, 15) is 9.59 Å². The van der Waals surface area contributed by atoms with Crippen molar-refractivity contribution in [2.24, 2.45) is 0 Å². The highest BCUT2D eigenvalue weighted by Gasteiger charge is 2.04. The quantitative estimate of drug-likeness (QED) is 0.387. The van der Waals surface area contributed by atoms with Crippen molar-refractivity contribution in [2.75, 3.05) is 33.2 Å². The van der Waals surface area contributed by atoms with E-state index in [0.717, 1.165) is 0 Å². The predicted octanol–water partition coefficient (Wildman–Crippen LogP) is 1.40. The number of rotatable bonds is 9. The van der Waals surface area contributed by atoms with Gasteiger partial charge >= 0.3 is 11.9 Å². The lowest BCUT2D eigenvalue weighted by molar-refractivity contribution is -0.154. The van der Waals surface area contributed by atoms with Crippen molar-refractivity contribution >= 4 is 11.9 Å². The summed E-state index contributed by atoms with van der Waals surface area (Å²) in [4.78, 5) is 21.9. The number of esters is 2. The fraction of sp³-hybridized carbons (Fsp3) is 0.429. The second kappa shape index (κ2) is 9.94. The molecule has 0 fully saturated rings. The molecule has 1 aromatic rings. The smallest absolute Gasteiger partial charge is 0.338 e. The molecule has 0 unspecified atom stereocenters. The molecule has 0 N–H and O–H groups in total. The number of benzene rings is 1. The molecule has 20 heavy (non-hydrogen) atoms. The van der Waals surface area contributed by atoms with Crippen LogP contribution in [0.25, 0.3) is 0 Å². The minimum absolute atomic E-state index is 0.0817. The zero-order valence-electron chi connectivity index (χ0n) is 11.4. The van der Waals surface area contributed by atoms with Crippen molar-refractivity contribution in [3.63, 3.8) is 0 Å². The fourth-order valence-corrected chi connectivity index (χ4v) is 1.25. The van der Waals surface area contributed by atoms with E-state index in [2.05, 4.69) is 4.74 Å². The van der Waals surface area contributed by atoms with Gasteiger partial charge in [0.25, 0.3) is 0 Å².